The van der Waals surface area contributed by atoms with E-state index in [1.807, 2.05) is 22.6 Å². The lowest BCUT2D eigenvalue weighted by atomic mass is 10.2. The third kappa shape index (κ3) is 3.34. The molecule has 0 bridgehead atoms. The van der Waals surface area contributed by atoms with E-state index >= 15 is 0 Å². The molecule has 0 radical (unpaired) electrons. The molecule has 7 heteroatoms. The van der Waals surface area contributed by atoms with Crippen molar-refractivity contribution in [2.75, 3.05) is 0 Å². The third-order valence-corrected chi connectivity index (χ3v) is 3.63. The van der Waals surface area contributed by atoms with E-state index in [0.29, 0.717) is 3.57 Å². The van der Waals surface area contributed by atoms with Crippen LogP contribution >= 0.6 is 34.2 Å². The zero-order chi connectivity index (χ0) is 10.9. The Morgan fingerprint density at radius 3 is 2.57 bits per heavy atom. The summed E-state index contributed by atoms with van der Waals surface area (Å²) in [6.07, 6.45) is 0. The third-order valence-electron chi connectivity index (χ3n) is 1.43. The second-order valence-corrected chi connectivity index (χ2v) is 5.61. The second-order valence-electron chi connectivity index (χ2n) is 2.58. The van der Waals surface area contributed by atoms with Gasteiger partial charge in [-0.1, -0.05) is 11.6 Å². The Morgan fingerprint density at radius 1 is 1.50 bits per heavy atom. The summed E-state index contributed by atoms with van der Waals surface area (Å²) < 4.78 is 43.2. The van der Waals surface area contributed by atoms with Gasteiger partial charge in [-0.05, 0) is 34.7 Å². The summed E-state index contributed by atoms with van der Waals surface area (Å²) in [6.45, 7) is 0. The van der Waals surface area contributed by atoms with Gasteiger partial charge in [0.2, 0.25) is 0 Å². The van der Waals surface area contributed by atoms with Crippen LogP contribution in [0.1, 0.15) is 5.56 Å². The van der Waals surface area contributed by atoms with Crippen LogP contribution in [-0.4, -0.2) is 13.0 Å². The average Bonchev–Trinajstić information content (AvgIpc) is 1.97. The molecule has 0 saturated carbocycles. The molecule has 14 heavy (non-hydrogen) atoms. The summed E-state index contributed by atoms with van der Waals surface area (Å²) in [5, 5.41) is 0.210. The van der Waals surface area contributed by atoms with Gasteiger partial charge in [-0.2, -0.15) is 8.42 Å². The molecule has 3 nitrogen and oxygen atoms in total. The largest absolute Gasteiger partial charge is 0.285 e. The van der Waals surface area contributed by atoms with Crippen LogP contribution in [0.25, 0.3) is 0 Å². The molecular weight excluding hydrogens is 345 g/mol. The first kappa shape index (κ1) is 12.2. The minimum atomic E-state index is -4.22. The molecule has 0 atom stereocenters. The molecule has 0 saturated heterocycles. The Hall–Kier alpha value is 0.0800. The van der Waals surface area contributed by atoms with Crippen molar-refractivity contribution in [1.82, 2.24) is 0 Å². The van der Waals surface area contributed by atoms with Crippen molar-refractivity contribution in [2.24, 2.45) is 0 Å². The Morgan fingerprint density at radius 2 is 2.07 bits per heavy atom. The highest BCUT2D eigenvalue weighted by atomic mass is 127. The van der Waals surface area contributed by atoms with Crippen LogP contribution in [0.2, 0.25) is 5.02 Å². The molecule has 0 fully saturated rings. The van der Waals surface area contributed by atoms with Gasteiger partial charge in [0.1, 0.15) is 11.6 Å². The summed E-state index contributed by atoms with van der Waals surface area (Å²) in [7, 11) is -4.22. The molecule has 0 amide bonds. The van der Waals surface area contributed by atoms with Crippen molar-refractivity contribution in [3.8, 4) is 0 Å². The lowest BCUT2D eigenvalue weighted by molar-refractivity contribution is 0.480. The van der Waals surface area contributed by atoms with Crippen LogP contribution < -0.4 is 0 Å². The maximum absolute atomic E-state index is 13.1. The lowest BCUT2D eigenvalue weighted by Crippen LogP contribution is -2.04. The van der Waals surface area contributed by atoms with Crippen LogP contribution in [0.3, 0.4) is 0 Å². The molecule has 0 spiro atoms. The first-order valence-corrected chi connectivity index (χ1v) is 6.45. The van der Waals surface area contributed by atoms with Crippen LogP contribution in [0, 0.1) is 9.39 Å². The molecular formula is C7H5ClFIO3S. The highest BCUT2D eigenvalue weighted by molar-refractivity contribution is 14.1. The Balaban J connectivity index is 3.17. The molecule has 0 unspecified atom stereocenters. The van der Waals surface area contributed by atoms with Gasteiger partial charge in [-0.15, -0.1) is 0 Å². The van der Waals surface area contributed by atoms with Crippen molar-refractivity contribution < 1.29 is 17.4 Å². The number of hydrogen-bond acceptors (Lipinski definition) is 2. The Bertz CT molecular complexity index is 460. The normalized spacial score (nSPS) is 11.7. The summed E-state index contributed by atoms with van der Waals surface area (Å²) in [5.41, 5.74) is -0.0960. The van der Waals surface area contributed by atoms with Gasteiger partial charge >= 0.3 is 0 Å². The van der Waals surface area contributed by atoms with Crippen molar-refractivity contribution >= 4 is 44.3 Å². The molecule has 0 aromatic heterocycles. The molecule has 1 rings (SSSR count). The van der Waals surface area contributed by atoms with Crippen LogP contribution in [0.15, 0.2) is 12.1 Å². The monoisotopic (exact) mass is 350 g/mol. The Kier molecular flexibility index (Phi) is 3.73. The number of hydrogen-bond donors (Lipinski definition) is 1. The van der Waals surface area contributed by atoms with Gasteiger partial charge in [0.05, 0.1) is 5.02 Å². The van der Waals surface area contributed by atoms with E-state index in [0.717, 1.165) is 6.07 Å². The number of rotatable bonds is 2. The van der Waals surface area contributed by atoms with Crippen LogP contribution in [0.4, 0.5) is 4.39 Å². The highest BCUT2D eigenvalue weighted by Gasteiger charge is 2.13. The van der Waals surface area contributed by atoms with Crippen LogP contribution in [-0.2, 0) is 15.9 Å². The fraction of sp³-hybridized carbons (Fsp3) is 0.143. The molecule has 0 aliphatic carbocycles. The number of benzene rings is 1. The smallest absolute Gasteiger partial charge is 0.269 e. The maximum Gasteiger partial charge on any atom is 0.269 e. The average molecular weight is 351 g/mol. The number of halogens is 3. The van der Waals surface area contributed by atoms with E-state index in [-0.39, 0.29) is 10.6 Å². The van der Waals surface area contributed by atoms with Gasteiger partial charge in [0, 0.05) is 9.13 Å². The predicted octanol–water partition coefficient (Wildman–Crippen LogP) is 2.47. The molecule has 1 aromatic carbocycles. The van der Waals surface area contributed by atoms with Crippen molar-refractivity contribution in [3.05, 3.63) is 32.1 Å². The van der Waals surface area contributed by atoms with Crippen molar-refractivity contribution in [3.63, 3.8) is 0 Å². The fourth-order valence-corrected chi connectivity index (χ4v) is 2.17. The molecule has 1 aromatic rings. The highest BCUT2D eigenvalue weighted by Crippen LogP contribution is 2.23. The molecule has 0 aliphatic rings. The van der Waals surface area contributed by atoms with E-state index in [2.05, 4.69) is 0 Å². The lowest BCUT2D eigenvalue weighted by Gasteiger charge is -2.03. The summed E-state index contributed by atoms with van der Waals surface area (Å²) in [6, 6.07) is 2.30. The van der Waals surface area contributed by atoms with Crippen molar-refractivity contribution in [2.45, 2.75) is 5.75 Å². The molecule has 0 aliphatic heterocycles. The van der Waals surface area contributed by atoms with E-state index in [9.17, 15) is 12.8 Å². The van der Waals surface area contributed by atoms with Crippen molar-refractivity contribution in [1.29, 1.82) is 0 Å². The maximum atomic E-state index is 13.1. The van der Waals surface area contributed by atoms with Gasteiger partial charge in [0.15, 0.2) is 0 Å². The predicted molar refractivity (Wildman–Crippen MR) is 59.4 cm³/mol. The topological polar surface area (TPSA) is 54.4 Å². The molecule has 0 heterocycles. The van der Waals surface area contributed by atoms with Gasteiger partial charge in [-0.25, -0.2) is 4.39 Å². The quantitative estimate of drug-likeness (QED) is 0.506. The molecule has 78 valence electrons. The zero-order valence-corrected chi connectivity index (χ0v) is 10.4. The summed E-state index contributed by atoms with van der Waals surface area (Å²) in [4.78, 5) is 0. The molecule has 1 N–H and O–H groups in total. The van der Waals surface area contributed by atoms with Gasteiger partial charge in [-0.3, -0.25) is 4.55 Å². The fourth-order valence-electron chi connectivity index (χ4n) is 0.871. The van der Waals surface area contributed by atoms with E-state index in [1.54, 1.807) is 0 Å². The van der Waals surface area contributed by atoms with Crippen LogP contribution in [0.5, 0.6) is 0 Å². The zero-order valence-electron chi connectivity index (χ0n) is 6.67. The Labute approximate surface area is 99.2 Å². The van der Waals surface area contributed by atoms with Gasteiger partial charge < -0.3 is 0 Å². The van der Waals surface area contributed by atoms with Gasteiger partial charge in [0.25, 0.3) is 10.1 Å². The minimum absolute atomic E-state index is 0.0960. The van der Waals surface area contributed by atoms with E-state index < -0.39 is 21.7 Å². The first-order chi connectivity index (χ1) is 6.29. The SMILES string of the molecule is O=S(=O)(O)Cc1cc(I)c(Cl)cc1F. The van der Waals surface area contributed by atoms with E-state index in [1.165, 1.54) is 6.07 Å². The van der Waals surface area contributed by atoms with E-state index in [4.69, 9.17) is 16.2 Å². The minimum Gasteiger partial charge on any atom is -0.285 e. The standard InChI is InChI=1S/C7H5ClFIO3S/c8-5-2-6(9)4(1-7(5)10)3-14(11,12)13/h1-2H,3H2,(H,11,12,13). The summed E-state index contributed by atoms with van der Waals surface area (Å²) >= 11 is 7.44. The first-order valence-electron chi connectivity index (χ1n) is 3.38. The summed E-state index contributed by atoms with van der Waals surface area (Å²) in [5.74, 6) is -1.49. The second kappa shape index (κ2) is 4.30.